The van der Waals surface area contributed by atoms with Gasteiger partial charge in [0.05, 0.1) is 22.8 Å². The third kappa shape index (κ3) is 7.59. The smallest absolute Gasteiger partial charge is 0.335 e. The van der Waals surface area contributed by atoms with Gasteiger partial charge in [-0.2, -0.15) is 10.4 Å². The van der Waals surface area contributed by atoms with Gasteiger partial charge in [-0.1, -0.05) is 33.1 Å². The Balaban J connectivity index is 1.93. The highest BCUT2D eigenvalue weighted by molar-refractivity contribution is 7.92. The van der Waals surface area contributed by atoms with Crippen molar-refractivity contribution < 1.29 is 28.2 Å². The molecule has 0 fully saturated rings. The number of unbranched alkanes of at least 4 members (excludes halogenated alkanes) is 1. The number of anilines is 1. The first-order valence-electron chi connectivity index (χ1n) is 13.3. The van der Waals surface area contributed by atoms with Crippen molar-refractivity contribution in [1.29, 1.82) is 5.26 Å². The number of carboxylic acids is 1. The number of rotatable bonds is 14. The molecule has 3 rings (SSSR count). The largest absolute Gasteiger partial charge is 0.493 e. The second-order valence-corrected chi connectivity index (χ2v) is 11.3. The number of aromatic hydroxyl groups is 1. The molecule has 0 spiro atoms. The Morgan fingerprint density at radius 3 is 2.33 bits per heavy atom. The molecule has 0 aliphatic carbocycles. The van der Waals surface area contributed by atoms with Crippen LogP contribution >= 0.6 is 0 Å². The summed E-state index contributed by atoms with van der Waals surface area (Å²) in [5.41, 5.74) is -0.359. The predicted molar refractivity (Wildman–Crippen MR) is 156 cm³/mol. The number of azo groups is 1. The standard InChI is InChI=1S/C29H33N5O7S/c1-4-6-7-19(5-2)17-34-27(35)24(16-30)25(18-41-3)26(28(34)36)32-31-21-12-14-23(15-13-21)42(39,40)33-22-10-8-20(9-11-22)29(37)38/h8-15,19,33,35H,4-7,17-18H2,1-3H3,(H,37,38). The molecule has 13 heteroatoms. The summed E-state index contributed by atoms with van der Waals surface area (Å²) < 4.78 is 34.3. The molecule has 0 aliphatic rings. The van der Waals surface area contributed by atoms with E-state index in [0.717, 1.165) is 30.3 Å². The number of aromatic carboxylic acids is 1. The molecule has 1 unspecified atom stereocenters. The number of hydrogen-bond acceptors (Lipinski definition) is 9. The molecule has 0 radical (unpaired) electrons. The van der Waals surface area contributed by atoms with Crippen molar-refractivity contribution in [3.63, 3.8) is 0 Å². The van der Waals surface area contributed by atoms with E-state index in [1.54, 1.807) is 0 Å². The third-order valence-electron chi connectivity index (χ3n) is 6.70. The molecule has 3 N–H and O–H groups in total. The zero-order valence-corrected chi connectivity index (χ0v) is 24.4. The van der Waals surface area contributed by atoms with Crippen molar-refractivity contribution in [1.82, 2.24) is 4.57 Å². The van der Waals surface area contributed by atoms with Gasteiger partial charge in [-0.05, 0) is 60.9 Å². The molecular weight excluding hydrogens is 562 g/mol. The van der Waals surface area contributed by atoms with Crippen LogP contribution in [0.3, 0.4) is 0 Å². The number of aromatic nitrogens is 1. The second-order valence-electron chi connectivity index (χ2n) is 9.58. The van der Waals surface area contributed by atoms with Crippen molar-refractivity contribution in [3.8, 4) is 11.9 Å². The van der Waals surface area contributed by atoms with Gasteiger partial charge in [0.2, 0.25) is 5.88 Å². The molecule has 12 nitrogen and oxygen atoms in total. The van der Waals surface area contributed by atoms with E-state index in [0.29, 0.717) is 0 Å². The van der Waals surface area contributed by atoms with E-state index in [1.807, 2.05) is 13.0 Å². The van der Waals surface area contributed by atoms with Crippen LogP contribution in [0.2, 0.25) is 0 Å². The van der Waals surface area contributed by atoms with Gasteiger partial charge < -0.3 is 14.9 Å². The normalized spacial score (nSPS) is 12.2. The Bertz CT molecular complexity index is 1640. The van der Waals surface area contributed by atoms with Crippen molar-refractivity contribution in [2.75, 3.05) is 11.8 Å². The number of ether oxygens (including phenoxy) is 1. The van der Waals surface area contributed by atoms with Gasteiger partial charge >= 0.3 is 5.97 Å². The lowest BCUT2D eigenvalue weighted by Gasteiger charge is -2.19. The van der Waals surface area contributed by atoms with Crippen molar-refractivity contribution >= 4 is 33.1 Å². The summed E-state index contributed by atoms with van der Waals surface area (Å²) in [6, 6.07) is 12.6. The summed E-state index contributed by atoms with van der Waals surface area (Å²) in [5.74, 6) is -1.46. The Hall–Kier alpha value is -4.54. The van der Waals surface area contributed by atoms with Gasteiger partial charge in [0.1, 0.15) is 11.6 Å². The van der Waals surface area contributed by atoms with Crippen molar-refractivity contribution in [2.45, 2.75) is 57.6 Å². The van der Waals surface area contributed by atoms with E-state index < -0.39 is 27.4 Å². The molecule has 42 heavy (non-hydrogen) atoms. The number of nitrogens with zero attached hydrogens (tertiary/aromatic N) is 4. The lowest BCUT2D eigenvalue weighted by Crippen LogP contribution is -2.26. The highest BCUT2D eigenvalue weighted by Crippen LogP contribution is 2.30. The monoisotopic (exact) mass is 595 g/mol. The predicted octanol–water partition coefficient (Wildman–Crippen LogP) is 5.70. The van der Waals surface area contributed by atoms with Crippen LogP contribution in [0.15, 0.2) is 68.4 Å². The first-order chi connectivity index (χ1) is 20.1. The fourth-order valence-corrected chi connectivity index (χ4v) is 5.35. The molecule has 0 amide bonds. The highest BCUT2D eigenvalue weighted by Gasteiger charge is 2.23. The second kappa shape index (κ2) is 14.4. The lowest BCUT2D eigenvalue weighted by molar-refractivity contribution is 0.0697. The molecule has 1 atom stereocenters. The van der Waals surface area contributed by atoms with Crippen LogP contribution in [-0.2, 0) is 27.9 Å². The number of nitrogens with one attached hydrogen (secondary N) is 1. The minimum atomic E-state index is -3.99. The van der Waals surface area contributed by atoms with E-state index in [1.165, 1.54) is 55.6 Å². The van der Waals surface area contributed by atoms with Crippen molar-refractivity contribution in [2.24, 2.45) is 16.1 Å². The molecule has 0 bridgehead atoms. The summed E-state index contributed by atoms with van der Waals surface area (Å²) >= 11 is 0. The van der Waals surface area contributed by atoms with E-state index in [4.69, 9.17) is 9.84 Å². The summed E-state index contributed by atoms with van der Waals surface area (Å²) in [7, 11) is -2.61. The molecule has 1 aromatic heterocycles. The van der Waals surface area contributed by atoms with E-state index in [2.05, 4.69) is 21.9 Å². The molecular formula is C29H33N5O7S. The summed E-state index contributed by atoms with van der Waals surface area (Å²) in [5, 5.41) is 37.8. The van der Waals surface area contributed by atoms with Crippen LogP contribution in [-0.4, -0.2) is 36.3 Å². The van der Waals surface area contributed by atoms with E-state index in [9.17, 15) is 28.4 Å². The summed E-state index contributed by atoms with van der Waals surface area (Å²) in [6.07, 6.45) is 3.59. The average Bonchev–Trinajstić information content (AvgIpc) is 2.97. The number of pyridine rings is 1. The maximum atomic E-state index is 13.5. The quantitative estimate of drug-likeness (QED) is 0.198. The molecule has 3 aromatic rings. The zero-order chi connectivity index (χ0) is 30.9. The Morgan fingerprint density at radius 2 is 1.79 bits per heavy atom. The average molecular weight is 596 g/mol. The summed E-state index contributed by atoms with van der Waals surface area (Å²) in [6.45, 7) is 4.12. The lowest BCUT2D eigenvalue weighted by atomic mass is 9.99. The van der Waals surface area contributed by atoms with Crippen LogP contribution in [0.4, 0.5) is 17.1 Å². The number of methoxy groups -OCH3 is 1. The minimum Gasteiger partial charge on any atom is -0.493 e. The number of carbonyl (C=O) groups is 1. The molecule has 0 saturated carbocycles. The van der Waals surface area contributed by atoms with Crippen LogP contribution in [0.5, 0.6) is 5.88 Å². The Kier molecular flexibility index (Phi) is 11.0. The molecule has 2 aromatic carbocycles. The SMILES string of the molecule is CCCCC(CC)Cn1c(O)c(C#N)c(COC)c(N=Nc2ccc(S(=O)(=O)Nc3ccc(C(=O)O)cc3)cc2)c1=O. The third-order valence-corrected chi connectivity index (χ3v) is 8.09. The minimum absolute atomic E-state index is 0.0188. The van der Waals surface area contributed by atoms with Gasteiger partial charge in [-0.25, -0.2) is 13.2 Å². The number of sulfonamides is 1. The molecule has 222 valence electrons. The van der Waals surface area contributed by atoms with Gasteiger partial charge in [0.15, 0.2) is 5.69 Å². The number of hydrogen-bond donors (Lipinski definition) is 3. The topological polar surface area (TPSA) is 183 Å². The van der Waals surface area contributed by atoms with Crippen LogP contribution in [0.25, 0.3) is 0 Å². The van der Waals surface area contributed by atoms with Gasteiger partial charge in [-0.3, -0.25) is 14.1 Å². The number of nitriles is 1. The fraction of sp³-hybridized carbons (Fsp3) is 0.345. The van der Waals surface area contributed by atoms with E-state index >= 15 is 0 Å². The Morgan fingerprint density at radius 1 is 1.12 bits per heavy atom. The van der Waals surface area contributed by atoms with Gasteiger partial charge in [-0.15, -0.1) is 5.11 Å². The number of benzene rings is 2. The first-order valence-corrected chi connectivity index (χ1v) is 14.8. The van der Waals surface area contributed by atoms with Gasteiger partial charge in [0, 0.05) is 24.9 Å². The van der Waals surface area contributed by atoms with Gasteiger partial charge in [0.25, 0.3) is 15.6 Å². The molecule has 0 aliphatic heterocycles. The maximum absolute atomic E-state index is 13.5. The van der Waals surface area contributed by atoms with Crippen LogP contribution in [0.1, 0.15) is 61.0 Å². The van der Waals surface area contributed by atoms with Crippen LogP contribution < -0.4 is 10.3 Å². The Labute approximate surface area is 244 Å². The molecule has 1 heterocycles. The van der Waals surface area contributed by atoms with Crippen LogP contribution in [0, 0.1) is 17.2 Å². The highest BCUT2D eigenvalue weighted by atomic mass is 32.2. The van der Waals surface area contributed by atoms with Crippen molar-refractivity contribution in [3.05, 3.63) is 75.6 Å². The fourth-order valence-electron chi connectivity index (χ4n) is 4.29. The summed E-state index contributed by atoms with van der Waals surface area (Å²) in [4.78, 5) is 24.4. The van der Waals surface area contributed by atoms with E-state index in [-0.39, 0.29) is 57.7 Å². The maximum Gasteiger partial charge on any atom is 0.335 e. The molecule has 0 saturated heterocycles. The number of carboxylic acid groups (broad SMARTS) is 1. The zero-order valence-electron chi connectivity index (χ0n) is 23.6. The first kappa shape index (κ1) is 32.0.